The zero-order valence-corrected chi connectivity index (χ0v) is 13.1. The Kier molecular flexibility index (Phi) is 4.85. The number of nitrogens with zero attached hydrogens (tertiary/aromatic N) is 3. The number of para-hydroxylation sites is 1. The van der Waals surface area contributed by atoms with E-state index in [1.807, 2.05) is 30.3 Å². The summed E-state index contributed by atoms with van der Waals surface area (Å²) >= 11 is 1.19. The van der Waals surface area contributed by atoms with Gasteiger partial charge in [-0.15, -0.1) is 10.2 Å². The first-order chi connectivity index (χ1) is 11.6. The van der Waals surface area contributed by atoms with Crippen molar-refractivity contribution in [3.05, 3.63) is 66.5 Å². The quantitative estimate of drug-likeness (QED) is 0.720. The van der Waals surface area contributed by atoms with Gasteiger partial charge in [0, 0.05) is 17.4 Å². The highest BCUT2D eigenvalue weighted by molar-refractivity contribution is 7.99. The number of anilines is 1. The Balaban J connectivity index is 1.63. The minimum absolute atomic E-state index is 0.0600. The van der Waals surface area contributed by atoms with E-state index in [4.69, 9.17) is 0 Å². The molecule has 1 aromatic heterocycles. The summed E-state index contributed by atoms with van der Waals surface area (Å²) in [5.74, 6) is -2.26. The van der Waals surface area contributed by atoms with Crippen LogP contribution in [0.15, 0.2) is 60.0 Å². The number of nitrogens with one attached hydrogen (secondary N) is 1. The molecule has 1 N–H and O–H groups in total. The fraction of sp³-hybridized carbons (Fsp3) is 0.0625. The normalized spacial score (nSPS) is 10.6. The minimum Gasteiger partial charge on any atom is -0.325 e. The van der Waals surface area contributed by atoms with E-state index in [2.05, 4.69) is 15.5 Å². The van der Waals surface area contributed by atoms with Gasteiger partial charge in [0.15, 0.2) is 16.8 Å². The number of carbonyl (C=O) groups excluding carboxylic acids is 1. The molecule has 0 saturated heterocycles. The molecule has 0 aliphatic heterocycles. The Morgan fingerprint density at radius 2 is 1.92 bits per heavy atom. The number of rotatable bonds is 5. The van der Waals surface area contributed by atoms with E-state index in [1.165, 1.54) is 17.8 Å². The van der Waals surface area contributed by atoms with Crippen LogP contribution in [0, 0.1) is 11.6 Å². The number of hydrogen-bond donors (Lipinski definition) is 1. The lowest BCUT2D eigenvalue weighted by molar-refractivity contribution is -0.113. The zero-order chi connectivity index (χ0) is 16.9. The molecule has 5 nitrogen and oxygen atoms in total. The lowest BCUT2D eigenvalue weighted by Crippen LogP contribution is -2.14. The lowest BCUT2D eigenvalue weighted by Gasteiger charge is -2.07. The average molecular weight is 346 g/mol. The van der Waals surface area contributed by atoms with Crippen LogP contribution in [0.3, 0.4) is 0 Å². The number of thioether (sulfide) groups is 1. The lowest BCUT2D eigenvalue weighted by atomic mass is 10.3. The molecular formula is C16H12F2N4OS. The summed E-state index contributed by atoms with van der Waals surface area (Å²) in [5, 5.41) is 10.9. The first kappa shape index (κ1) is 16.1. The number of hydrogen-bond acceptors (Lipinski definition) is 4. The molecule has 0 bridgehead atoms. The van der Waals surface area contributed by atoms with E-state index in [1.54, 1.807) is 10.9 Å². The van der Waals surface area contributed by atoms with Crippen molar-refractivity contribution in [2.24, 2.45) is 0 Å². The smallest absolute Gasteiger partial charge is 0.234 e. The van der Waals surface area contributed by atoms with Gasteiger partial charge < -0.3 is 5.32 Å². The number of benzene rings is 2. The second-order valence-electron chi connectivity index (χ2n) is 4.78. The highest BCUT2D eigenvalue weighted by atomic mass is 32.2. The molecule has 0 aliphatic rings. The van der Waals surface area contributed by atoms with Gasteiger partial charge in [-0.05, 0) is 24.3 Å². The molecule has 0 unspecified atom stereocenters. The van der Waals surface area contributed by atoms with E-state index < -0.39 is 11.6 Å². The van der Waals surface area contributed by atoms with Crippen LogP contribution in [-0.2, 0) is 4.79 Å². The molecule has 3 rings (SSSR count). The van der Waals surface area contributed by atoms with Crippen molar-refractivity contribution in [3.8, 4) is 5.69 Å². The van der Waals surface area contributed by atoms with Gasteiger partial charge in [-0.2, -0.15) is 0 Å². The topological polar surface area (TPSA) is 59.8 Å². The van der Waals surface area contributed by atoms with E-state index in [9.17, 15) is 13.6 Å². The molecule has 0 spiro atoms. The van der Waals surface area contributed by atoms with Crippen molar-refractivity contribution in [2.75, 3.05) is 11.1 Å². The average Bonchev–Trinajstić information content (AvgIpc) is 3.06. The molecule has 0 aliphatic carbocycles. The number of carbonyl (C=O) groups is 1. The number of amides is 1. The Bertz CT molecular complexity index is 854. The Morgan fingerprint density at radius 1 is 1.12 bits per heavy atom. The van der Waals surface area contributed by atoms with Crippen LogP contribution < -0.4 is 5.32 Å². The van der Waals surface area contributed by atoms with Gasteiger partial charge in [-0.25, -0.2) is 8.78 Å². The maximum absolute atomic E-state index is 13.1. The van der Waals surface area contributed by atoms with E-state index in [0.717, 1.165) is 17.8 Å². The van der Waals surface area contributed by atoms with Crippen LogP contribution >= 0.6 is 11.8 Å². The van der Waals surface area contributed by atoms with Crippen molar-refractivity contribution in [1.82, 2.24) is 14.8 Å². The van der Waals surface area contributed by atoms with Crippen molar-refractivity contribution < 1.29 is 13.6 Å². The minimum atomic E-state index is -1.01. The zero-order valence-electron chi connectivity index (χ0n) is 12.3. The summed E-state index contributed by atoms with van der Waals surface area (Å²) in [6, 6.07) is 12.7. The molecule has 8 heteroatoms. The molecule has 122 valence electrons. The molecule has 1 heterocycles. The van der Waals surface area contributed by atoms with Crippen LogP contribution in [-0.4, -0.2) is 26.4 Å². The summed E-state index contributed by atoms with van der Waals surface area (Å²) in [6.45, 7) is 0. The molecule has 0 saturated carbocycles. The predicted octanol–water partition coefficient (Wildman–Crippen LogP) is 3.28. The maximum Gasteiger partial charge on any atom is 0.234 e. The first-order valence-corrected chi connectivity index (χ1v) is 7.95. The molecule has 0 radical (unpaired) electrons. The maximum atomic E-state index is 13.1. The second-order valence-corrected chi connectivity index (χ2v) is 5.73. The Morgan fingerprint density at radius 3 is 2.67 bits per heavy atom. The molecular weight excluding hydrogens is 334 g/mol. The Hall–Kier alpha value is -2.74. The first-order valence-electron chi connectivity index (χ1n) is 6.96. The largest absolute Gasteiger partial charge is 0.325 e. The van der Waals surface area contributed by atoms with Gasteiger partial charge in [0.25, 0.3) is 0 Å². The van der Waals surface area contributed by atoms with Crippen LogP contribution in [0.4, 0.5) is 14.5 Å². The van der Waals surface area contributed by atoms with E-state index in [0.29, 0.717) is 5.16 Å². The van der Waals surface area contributed by atoms with Gasteiger partial charge in [0.05, 0.1) is 5.75 Å². The van der Waals surface area contributed by atoms with Gasteiger partial charge in [0.1, 0.15) is 6.33 Å². The SMILES string of the molecule is O=C(CSc1nncn1-c1ccccc1)Nc1ccc(F)c(F)c1. The molecule has 1 amide bonds. The highest BCUT2D eigenvalue weighted by Crippen LogP contribution is 2.20. The van der Waals surface area contributed by atoms with Crippen molar-refractivity contribution in [2.45, 2.75) is 5.16 Å². The van der Waals surface area contributed by atoms with Crippen molar-refractivity contribution >= 4 is 23.4 Å². The predicted molar refractivity (Wildman–Crippen MR) is 87.1 cm³/mol. The summed E-state index contributed by atoms with van der Waals surface area (Å²) in [6.07, 6.45) is 1.56. The van der Waals surface area contributed by atoms with Gasteiger partial charge >= 0.3 is 0 Å². The van der Waals surface area contributed by atoms with Crippen LogP contribution in [0.1, 0.15) is 0 Å². The highest BCUT2D eigenvalue weighted by Gasteiger charge is 2.11. The molecule has 24 heavy (non-hydrogen) atoms. The van der Waals surface area contributed by atoms with Gasteiger partial charge in [0.2, 0.25) is 5.91 Å². The summed E-state index contributed by atoms with van der Waals surface area (Å²) in [5.41, 5.74) is 1.08. The fourth-order valence-corrected chi connectivity index (χ4v) is 2.72. The second kappa shape index (κ2) is 7.22. The van der Waals surface area contributed by atoms with Crippen molar-refractivity contribution in [3.63, 3.8) is 0 Å². The van der Waals surface area contributed by atoms with Gasteiger partial charge in [-0.3, -0.25) is 9.36 Å². The van der Waals surface area contributed by atoms with Gasteiger partial charge in [-0.1, -0.05) is 30.0 Å². The van der Waals surface area contributed by atoms with Crippen LogP contribution in [0.5, 0.6) is 0 Å². The third-order valence-electron chi connectivity index (χ3n) is 3.09. The summed E-state index contributed by atoms with van der Waals surface area (Å²) < 4.78 is 27.8. The number of halogens is 2. The van der Waals surface area contributed by atoms with Crippen LogP contribution in [0.2, 0.25) is 0 Å². The van der Waals surface area contributed by atoms with E-state index in [-0.39, 0.29) is 17.3 Å². The summed E-state index contributed by atoms with van der Waals surface area (Å²) in [7, 11) is 0. The summed E-state index contributed by atoms with van der Waals surface area (Å²) in [4.78, 5) is 11.9. The Labute approximate surface area is 140 Å². The number of aromatic nitrogens is 3. The molecule has 3 aromatic rings. The third-order valence-corrected chi connectivity index (χ3v) is 4.03. The third kappa shape index (κ3) is 3.77. The molecule has 2 aromatic carbocycles. The van der Waals surface area contributed by atoms with Crippen molar-refractivity contribution in [1.29, 1.82) is 0 Å². The van der Waals surface area contributed by atoms with E-state index >= 15 is 0 Å². The molecule has 0 fully saturated rings. The van der Waals surface area contributed by atoms with Crippen LogP contribution in [0.25, 0.3) is 5.69 Å². The monoisotopic (exact) mass is 346 g/mol. The fourth-order valence-electron chi connectivity index (χ4n) is 1.99. The molecule has 0 atom stereocenters. The standard InChI is InChI=1S/C16H12F2N4OS/c17-13-7-6-11(8-14(13)18)20-15(23)9-24-16-21-19-10-22(16)12-4-2-1-3-5-12/h1-8,10H,9H2,(H,20,23).